The molecule has 2 unspecified atom stereocenters. The Labute approximate surface area is 166 Å². The molecule has 0 bridgehead atoms. The molecular weight excluding hydrogens is 375 g/mol. The van der Waals surface area contributed by atoms with Gasteiger partial charge in [-0.3, -0.25) is 0 Å². The SMILES string of the molecule is CCCCCCCCC(CCCC)C(Br)(CCCC)CCCC.P. The average Bonchev–Trinajstić information content (AvgIpc) is 2.56. The maximum absolute atomic E-state index is 4.28. The molecule has 0 heterocycles. The van der Waals surface area contributed by atoms with E-state index in [0.717, 1.165) is 5.92 Å². The molecule has 2 atom stereocenters. The van der Waals surface area contributed by atoms with Gasteiger partial charge in [0.05, 0.1) is 0 Å². The zero-order valence-electron chi connectivity index (χ0n) is 17.5. The fourth-order valence-electron chi connectivity index (χ4n) is 3.76. The Morgan fingerprint density at radius 2 is 1.00 bits per heavy atom. The summed E-state index contributed by atoms with van der Waals surface area (Å²) < 4.78 is 0.428. The Bertz CT molecular complexity index is 234. The van der Waals surface area contributed by atoms with E-state index in [-0.39, 0.29) is 9.90 Å². The Hall–Kier alpha value is 0.910. The lowest BCUT2D eigenvalue weighted by atomic mass is 9.78. The van der Waals surface area contributed by atoms with Crippen LogP contribution in [0.3, 0.4) is 0 Å². The van der Waals surface area contributed by atoms with Gasteiger partial charge in [-0.05, 0) is 31.6 Å². The van der Waals surface area contributed by atoms with Crippen LogP contribution in [0.5, 0.6) is 0 Å². The summed E-state index contributed by atoms with van der Waals surface area (Å²) in [5.41, 5.74) is 0. The van der Waals surface area contributed by atoms with Crippen molar-refractivity contribution in [3.8, 4) is 0 Å². The van der Waals surface area contributed by atoms with Crippen LogP contribution in [0.25, 0.3) is 0 Å². The van der Waals surface area contributed by atoms with E-state index in [4.69, 9.17) is 0 Å². The fourth-order valence-corrected chi connectivity index (χ4v) is 4.78. The molecule has 0 aromatic heterocycles. The van der Waals surface area contributed by atoms with Gasteiger partial charge in [0.1, 0.15) is 0 Å². The van der Waals surface area contributed by atoms with Crippen molar-refractivity contribution in [1.82, 2.24) is 0 Å². The van der Waals surface area contributed by atoms with Gasteiger partial charge in [-0.1, -0.05) is 121 Å². The van der Waals surface area contributed by atoms with Crippen molar-refractivity contribution in [3.63, 3.8) is 0 Å². The summed E-state index contributed by atoms with van der Waals surface area (Å²) in [6.45, 7) is 9.32. The Morgan fingerprint density at radius 3 is 1.50 bits per heavy atom. The molecule has 0 aromatic rings. The first kappa shape index (κ1) is 27.1. The lowest BCUT2D eigenvalue weighted by Crippen LogP contribution is -2.32. The number of unbranched alkanes of at least 4 members (excludes halogenated alkanes) is 8. The van der Waals surface area contributed by atoms with Gasteiger partial charge in [0.15, 0.2) is 0 Å². The van der Waals surface area contributed by atoms with Crippen LogP contribution in [-0.4, -0.2) is 4.32 Å². The van der Waals surface area contributed by atoms with Crippen LogP contribution < -0.4 is 0 Å². The minimum atomic E-state index is 0. The molecule has 0 spiro atoms. The van der Waals surface area contributed by atoms with Crippen LogP contribution in [0.2, 0.25) is 0 Å². The first-order valence-corrected chi connectivity index (χ1v) is 11.6. The first-order chi connectivity index (χ1) is 11.1. The second-order valence-electron chi connectivity index (χ2n) is 7.64. The molecule has 0 fully saturated rings. The summed E-state index contributed by atoms with van der Waals surface area (Å²) in [6, 6.07) is 0. The van der Waals surface area contributed by atoms with Crippen LogP contribution >= 0.6 is 25.8 Å². The molecule has 0 rings (SSSR count). The minimum absolute atomic E-state index is 0. The lowest BCUT2D eigenvalue weighted by Gasteiger charge is -2.37. The van der Waals surface area contributed by atoms with Gasteiger partial charge in [0, 0.05) is 4.32 Å². The molecule has 0 aliphatic carbocycles. The number of rotatable bonds is 17. The third-order valence-electron chi connectivity index (χ3n) is 5.44. The molecule has 2 heteroatoms. The first-order valence-electron chi connectivity index (χ1n) is 10.8. The molecule has 0 N–H and O–H groups in total. The van der Waals surface area contributed by atoms with E-state index < -0.39 is 0 Å². The Kier molecular flexibility index (Phi) is 21.1. The number of hydrogen-bond donors (Lipinski definition) is 0. The smallest absolute Gasteiger partial charge is 0.0286 e. The van der Waals surface area contributed by atoms with Crippen LogP contribution in [0.1, 0.15) is 130 Å². The molecule has 148 valence electrons. The zero-order valence-corrected chi connectivity index (χ0v) is 20.5. The third-order valence-corrected chi connectivity index (χ3v) is 6.88. The predicted molar refractivity (Wildman–Crippen MR) is 123 cm³/mol. The van der Waals surface area contributed by atoms with Crippen LogP contribution in [0.4, 0.5) is 0 Å². The summed E-state index contributed by atoms with van der Waals surface area (Å²) in [5, 5.41) is 0. The molecule has 0 radical (unpaired) electrons. The normalized spacial score (nSPS) is 12.9. The molecule has 0 nitrogen and oxygen atoms in total. The van der Waals surface area contributed by atoms with E-state index in [9.17, 15) is 0 Å². The molecule has 0 aromatic carbocycles. The molecular formula is C22H48BrP. The van der Waals surface area contributed by atoms with Gasteiger partial charge < -0.3 is 0 Å². The largest absolute Gasteiger partial charge is 0.153 e. The van der Waals surface area contributed by atoms with Crippen molar-refractivity contribution in [2.45, 2.75) is 135 Å². The molecule has 0 aliphatic rings. The number of halogens is 1. The molecule has 24 heavy (non-hydrogen) atoms. The summed E-state index contributed by atoms with van der Waals surface area (Å²) in [4.78, 5) is 0. The highest BCUT2D eigenvalue weighted by Crippen LogP contribution is 2.43. The van der Waals surface area contributed by atoms with Gasteiger partial charge in [0.2, 0.25) is 0 Å². The van der Waals surface area contributed by atoms with Gasteiger partial charge in [0.25, 0.3) is 0 Å². The maximum Gasteiger partial charge on any atom is 0.0286 e. The quantitative estimate of drug-likeness (QED) is 0.124. The molecule has 0 aliphatic heterocycles. The second kappa shape index (κ2) is 18.7. The van der Waals surface area contributed by atoms with Gasteiger partial charge in [-0.2, -0.15) is 9.90 Å². The highest BCUT2D eigenvalue weighted by Gasteiger charge is 2.34. The van der Waals surface area contributed by atoms with E-state index in [1.54, 1.807) is 0 Å². The van der Waals surface area contributed by atoms with Gasteiger partial charge in [-0.15, -0.1) is 0 Å². The van der Waals surface area contributed by atoms with E-state index in [0.29, 0.717) is 4.32 Å². The number of hydrogen-bond acceptors (Lipinski definition) is 0. The summed E-state index contributed by atoms with van der Waals surface area (Å²) in [6.07, 6.45) is 22.4. The van der Waals surface area contributed by atoms with Crippen LogP contribution in [0.15, 0.2) is 0 Å². The highest BCUT2D eigenvalue weighted by atomic mass is 79.9. The van der Waals surface area contributed by atoms with Crippen LogP contribution in [0, 0.1) is 5.92 Å². The topological polar surface area (TPSA) is 0 Å². The minimum Gasteiger partial charge on any atom is -0.153 e. The second-order valence-corrected chi connectivity index (χ2v) is 9.22. The van der Waals surface area contributed by atoms with Gasteiger partial charge >= 0.3 is 0 Å². The van der Waals surface area contributed by atoms with E-state index in [2.05, 4.69) is 43.6 Å². The van der Waals surface area contributed by atoms with Crippen LogP contribution in [-0.2, 0) is 0 Å². The zero-order chi connectivity index (χ0) is 17.4. The van der Waals surface area contributed by atoms with Crippen molar-refractivity contribution in [1.29, 1.82) is 0 Å². The molecule has 0 saturated carbocycles. The fraction of sp³-hybridized carbons (Fsp3) is 1.00. The number of alkyl halides is 1. The van der Waals surface area contributed by atoms with Crippen molar-refractivity contribution in [3.05, 3.63) is 0 Å². The lowest BCUT2D eigenvalue weighted by molar-refractivity contribution is 0.282. The molecule has 0 amide bonds. The van der Waals surface area contributed by atoms with E-state index in [1.165, 1.54) is 103 Å². The van der Waals surface area contributed by atoms with Crippen molar-refractivity contribution >= 4 is 25.8 Å². The summed E-state index contributed by atoms with van der Waals surface area (Å²) in [5.74, 6) is 0.895. The predicted octanol–water partition coefficient (Wildman–Crippen LogP) is 9.12. The third kappa shape index (κ3) is 13.2. The van der Waals surface area contributed by atoms with Gasteiger partial charge in [-0.25, -0.2) is 0 Å². The van der Waals surface area contributed by atoms with Crippen molar-refractivity contribution in [2.75, 3.05) is 0 Å². The highest BCUT2D eigenvalue weighted by molar-refractivity contribution is 9.10. The molecule has 0 saturated heterocycles. The standard InChI is InChI=1S/C22H45Br.H3P/c1-5-9-13-14-15-16-18-21(17-10-6-2)22(23,19-11-7-3)20-12-8-4;/h21H,5-20H2,1-4H3;1H3. The van der Waals surface area contributed by atoms with E-state index >= 15 is 0 Å². The average molecular weight is 424 g/mol. The summed E-state index contributed by atoms with van der Waals surface area (Å²) >= 11 is 4.28. The van der Waals surface area contributed by atoms with Crippen molar-refractivity contribution < 1.29 is 0 Å². The van der Waals surface area contributed by atoms with Crippen molar-refractivity contribution in [2.24, 2.45) is 5.92 Å². The Morgan fingerprint density at radius 1 is 0.583 bits per heavy atom. The van der Waals surface area contributed by atoms with E-state index in [1.807, 2.05) is 0 Å². The monoisotopic (exact) mass is 422 g/mol. The Balaban J connectivity index is 0. The summed E-state index contributed by atoms with van der Waals surface area (Å²) in [7, 11) is 0. The maximum atomic E-state index is 4.28.